The van der Waals surface area contributed by atoms with Gasteiger partial charge in [-0.2, -0.15) is 0 Å². The zero-order valence-corrected chi connectivity index (χ0v) is 16.2. The molecule has 0 saturated carbocycles. The molecule has 1 saturated heterocycles. The van der Waals surface area contributed by atoms with Gasteiger partial charge in [-0.1, -0.05) is 11.6 Å². The van der Waals surface area contributed by atoms with Crippen LogP contribution in [0.5, 0.6) is 5.75 Å². The van der Waals surface area contributed by atoms with E-state index in [9.17, 15) is 18.0 Å². The van der Waals surface area contributed by atoms with Crippen molar-refractivity contribution in [2.24, 2.45) is 5.92 Å². The van der Waals surface area contributed by atoms with Crippen LogP contribution < -0.4 is 15.6 Å². The molecule has 0 atom stereocenters. The fraction of sp³-hybridized carbons (Fsp3) is 0.500. The molecule has 8 nitrogen and oxygen atoms in total. The lowest BCUT2D eigenvalue weighted by Crippen LogP contribution is -2.48. The summed E-state index contributed by atoms with van der Waals surface area (Å²) in [5.74, 6) is -0.892. The maximum atomic E-state index is 12.2. The van der Waals surface area contributed by atoms with E-state index >= 15 is 0 Å². The van der Waals surface area contributed by atoms with Crippen LogP contribution in [0.2, 0.25) is 5.02 Å². The zero-order valence-electron chi connectivity index (χ0n) is 14.6. The van der Waals surface area contributed by atoms with Crippen LogP contribution in [0.4, 0.5) is 0 Å². The third kappa shape index (κ3) is 4.87. The van der Waals surface area contributed by atoms with Crippen molar-refractivity contribution >= 4 is 33.4 Å². The number of carbonyl (C=O) groups excluding carboxylic acids is 2. The van der Waals surface area contributed by atoms with E-state index in [0.29, 0.717) is 36.7 Å². The molecule has 0 aliphatic carbocycles. The van der Waals surface area contributed by atoms with Crippen LogP contribution in [0.3, 0.4) is 0 Å². The van der Waals surface area contributed by atoms with Crippen LogP contribution in [0.25, 0.3) is 0 Å². The van der Waals surface area contributed by atoms with Crippen molar-refractivity contribution in [1.82, 2.24) is 15.2 Å². The summed E-state index contributed by atoms with van der Waals surface area (Å²) in [6.07, 6.45) is 0.808. The molecule has 0 spiro atoms. The Labute approximate surface area is 157 Å². The van der Waals surface area contributed by atoms with E-state index in [0.717, 1.165) is 0 Å². The number of nitrogens with zero attached hydrogens (tertiary/aromatic N) is 1. The molecule has 1 aromatic carbocycles. The molecule has 1 aromatic rings. The molecule has 0 radical (unpaired) electrons. The number of hydrogen-bond donors (Lipinski definition) is 2. The fourth-order valence-electron chi connectivity index (χ4n) is 2.72. The number of amides is 2. The van der Waals surface area contributed by atoms with Gasteiger partial charge in [0.1, 0.15) is 5.75 Å². The Hall–Kier alpha value is -1.84. The Bertz CT molecular complexity index is 776. The molecule has 1 aliphatic heterocycles. The minimum absolute atomic E-state index is 0.0430. The zero-order chi connectivity index (χ0) is 19.3. The summed E-state index contributed by atoms with van der Waals surface area (Å²) in [5.41, 5.74) is 4.92. The first kappa shape index (κ1) is 20.5. The van der Waals surface area contributed by atoms with E-state index in [4.69, 9.17) is 16.3 Å². The van der Waals surface area contributed by atoms with Crippen molar-refractivity contribution in [3.8, 4) is 5.75 Å². The van der Waals surface area contributed by atoms with Crippen molar-refractivity contribution in [2.75, 3.05) is 26.0 Å². The number of halogens is 1. The van der Waals surface area contributed by atoms with Crippen LogP contribution in [0.15, 0.2) is 18.2 Å². The monoisotopic (exact) mass is 403 g/mol. The molecule has 0 unspecified atom stereocenters. The second kappa shape index (κ2) is 8.70. The van der Waals surface area contributed by atoms with E-state index in [-0.39, 0.29) is 23.1 Å². The van der Waals surface area contributed by atoms with Gasteiger partial charge in [0.25, 0.3) is 5.91 Å². The molecular weight excluding hydrogens is 382 g/mol. The lowest BCUT2D eigenvalue weighted by atomic mass is 9.98. The van der Waals surface area contributed by atoms with Gasteiger partial charge >= 0.3 is 0 Å². The third-order valence-electron chi connectivity index (χ3n) is 4.29. The number of sulfonamides is 1. The number of hydrazine groups is 1. The number of ether oxygens (including phenoxy) is 1. The number of methoxy groups -OCH3 is 1. The van der Waals surface area contributed by atoms with Gasteiger partial charge in [0.05, 0.1) is 18.4 Å². The summed E-state index contributed by atoms with van der Waals surface area (Å²) in [4.78, 5) is 24.5. The van der Waals surface area contributed by atoms with Gasteiger partial charge in [-0.25, -0.2) is 12.7 Å². The molecule has 1 fully saturated rings. The van der Waals surface area contributed by atoms with Crippen LogP contribution in [0, 0.1) is 5.92 Å². The Morgan fingerprint density at radius 3 is 2.50 bits per heavy atom. The Morgan fingerprint density at radius 1 is 1.27 bits per heavy atom. The molecule has 10 heteroatoms. The van der Waals surface area contributed by atoms with Gasteiger partial charge in [0.15, 0.2) is 0 Å². The van der Waals surface area contributed by atoms with Gasteiger partial charge < -0.3 is 4.74 Å². The van der Waals surface area contributed by atoms with E-state index in [2.05, 4.69) is 10.9 Å². The van der Waals surface area contributed by atoms with E-state index in [1.165, 1.54) is 17.5 Å². The highest BCUT2D eigenvalue weighted by Crippen LogP contribution is 2.23. The Morgan fingerprint density at radius 2 is 1.92 bits per heavy atom. The number of rotatable bonds is 5. The van der Waals surface area contributed by atoms with Crippen molar-refractivity contribution in [1.29, 1.82) is 0 Å². The molecule has 144 valence electrons. The number of piperidine rings is 1. The predicted octanol–water partition coefficient (Wildman–Crippen LogP) is 1.17. The molecule has 2 amide bonds. The molecule has 2 rings (SSSR count). The standard InChI is InChI=1S/C16H22ClN3O5S/c1-3-26(23,24)20-8-6-11(7-9-20)15(21)18-19-16(22)13-10-12(17)4-5-14(13)25-2/h4-5,10-11H,3,6-9H2,1-2H3,(H,18,21)(H,19,22). The Balaban J connectivity index is 1.90. The molecular formula is C16H22ClN3O5S. The number of benzene rings is 1. The first-order valence-corrected chi connectivity index (χ1v) is 10.2. The molecule has 26 heavy (non-hydrogen) atoms. The highest BCUT2D eigenvalue weighted by atomic mass is 35.5. The SMILES string of the molecule is CCS(=O)(=O)N1CCC(C(=O)NNC(=O)c2cc(Cl)ccc2OC)CC1. The summed E-state index contributed by atoms with van der Waals surface area (Å²) in [5, 5.41) is 0.367. The van der Waals surface area contributed by atoms with Gasteiger partial charge in [0.2, 0.25) is 15.9 Å². The number of carbonyl (C=O) groups is 2. The summed E-state index contributed by atoms with van der Waals surface area (Å²) in [6, 6.07) is 4.59. The lowest BCUT2D eigenvalue weighted by molar-refractivity contribution is -0.126. The topological polar surface area (TPSA) is 105 Å². The van der Waals surface area contributed by atoms with Gasteiger partial charge in [0, 0.05) is 24.0 Å². The van der Waals surface area contributed by atoms with Gasteiger partial charge in [-0.05, 0) is 38.0 Å². The molecule has 1 heterocycles. The van der Waals surface area contributed by atoms with Crippen molar-refractivity contribution in [3.63, 3.8) is 0 Å². The first-order chi connectivity index (χ1) is 12.3. The average Bonchev–Trinajstić information content (AvgIpc) is 2.65. The largest absolute Gasteiger partial charge is 0.496 e. The second-order valence-corrected chi connectivity index (χ2v) is 8.56. The van der Waals surface area contributed by atoms with Crippen LogP contribution in [-0.4, -0.2) is 50.5 Å². The molecule has 2 N–H and O–H groups in total. The van der Waals surface area contributed by atoms with Crippen LogP contribution in [0.1, 0.15) is 30.1 Å². The minimum atomic E-state index is -3.24. The fourth-order valence-corrected chi connectivity index (χ4v) is 4.03. The molecule has 0 bridgehead atoms. The minimum Gasteiger partial charge on any atom is -0.496 e. The maximum absolute atomic E-state index is 12.2. The highest BCUT2D eigenvalue weighted by Gasteiger charge is 2.30. The van der Waals surface area contributed by atoms with E-state index in [1.807, 2.05) is 0 Å². The first-order valence-electron chi connectivity index (χ1n) is 8.20. The highest BCUT2D eigenvalue weighted by molar-refractivity contribution is 7.89. The van der Waals surface area contributed by atoms with Gasteiger partial charge in [-0.15, -0.1) is 0 Å². The van der Waals surface area contributed by atoms with Crippen molar-refractivity contribution < 1.29 is 22.7 Å². The van der Waals surface area contributed by atoms with E-state index in [1.54, 1.807) is 19.1 Å². The van der Waals surface area contributed by atoms with Crippen LogP contribution >= 0.6 is 11.6 Å². The molecule has 1 aliphatic rings. The second-order valence-electron chi connectivity index (χ2n) is 5.86. The van der Waals surface area contributed by atoms with Crippen LogP contribution in [-0.2, 0) is 14.8 Å². The number of nitrogens with one attached hydrogen (secondary N) is 2. The summed E-state index contributed by atoms with van der Waals surface area (Å²) in [6.45, 7) is 2.18. The van der Waals surface area contributed by atoms with Crippen molar-refractivity contribution in [2.45, 2.75) is 19.8 Å². The predicted molar refractivity (Wildman–Crippen MR) is 97.4 cm³/mol. The summed E-state index contributed by atoms with van der Waals surface area (Å²) in [7, 11) is -1.81. The third-order valence-corrected chi connectivity index (χ3v) is 6.40. The lowest BCUT2D eigenvalue weighted by Gasteiger charge is -2.30. The Kier molecular flexibility index (Phi) is 6.85. The number of hydrogen-bond acceptors (Lipinski definition) is 5. The van der Waals surface area contributed by atoms with Gasteiger partial charge in [-0.3, -0.25) is 20.4 Å². The maximum Gasteiger partial charge on any atom is 0.273 e. The average molecular weight is 404 g/mol. The summed E-state index contributed by atoms with van der Waals surface area (Å²) >= 11 is 5.89. The normalized spacial score (nSPS) is 16.1. The quantitative estimate of drug-likeness (QED) is 0.718. The summed E-state index contributed by atoms with van der Waals surface area (Å²) < 4.78 is 30.2. The van der Waals surface area contributed by atoms with E-state index < -0.39 is 15.9 Å². The van der Waals surface area contributed by atoms with Crippen molar-refractivity contribution in [3.05, 3.63) is 28.8 Å². The molecule has 0 aromatic heterocycles. The smallest absolute Gasteiger partial charge is 0.273 e.